The van der Waals surface area contributed by atoms with Gasteiger partial charge in [-0.05, 0) is 31.0 Å². The van der Waals surface area contributed by atoms with Gasteiger partial charge in [-0.25, -0.2) is 17.9 Å². The molecule has 0 spiro atoms. The molecule has 1 aromatic carbocycles. The molecule has 0 amide bonds. The number of nitriles is 1. The first-order valence-corrected chi connectivity index (χ1v) is 7.07. The highest BCUT2D eigenvalue weighted by Gasteiger charge is 2.18. The minimum Gasteiger partial charge on any atom is -0.478 e. The van der Waals surface area contributed by atoms with Gasteiger partial charge in [0.1, 0.15) is 0 Å². The lowest BCUT2D eigenvalue weighted by Crippen LogP contribution is -2.25. The summed E-state index contributed by atoms with van der Waals surface area (Å²) in [4.78, 5) is 10.8. The summed E-state index contributed by atoms with van der Waals surface area (Å²) in [6.45, 7) is 1.74. The molecule has 0 aliphatic rings. The average molecular weight is 282 g/mol. The number of aryl methyl sites for hydroxylation is 1. The Hall–Kier alpha value is -1.91. The van der Waals surface area contributed by atoms with Crippen molar-refractivity contribution in [2.75, 3.05) is 6.54 Å². The molecule has 102 valence electrons. The van der Waals surface area contributed by atoms with Gasteiger partial charge in [0, 0.05) is 13.0 Å². The maximum atomic E-state index is 12.0. The van der Waals surface area contributed by atoms with Gasteiger partial charge in [-0.1, -0.05) is 6.07 Å². The minimum absolute atomic E-state index is 0.0515. The van der Waals surface area contributed by atoms with Crippen LogP contribution >= 0.6 is 0 Å². The van der Waals surface area contributed by atoms with Crippen LogP contribution < -0.4 is 4.72 Å². The third-order valence-electron chi connectivity index (χ3n) is 2.48. The molecule has 7 heteroatoms. The molecule has 2 N–H and O–H groups in total. The number of aromatic carboxylic acids is 1. The van der Waals surface area contributed by atoms with Crippen LogP contribution in [-0.4, -0.2) is 26.0 Å². The fourth-order valence-electron chi connectivity index (χ4n) is 1.47. The molecule has 0 radical (unpaired) electrons. The highest BCUT2D eigenvalue weighted by atomic mass is 32.2. The van der Waals surface area contributed by atoms with Crippen molar-refractivity contribution in [1.82, 2.24) is 4.72 Å². The lowest BCUT2D eigenvalue weighted by atomic mass is 10.1. The van der Waals surface area contributed by atoms with E-state index in [0.29, 0.717) is 12.0 Å². The van der Waals surface area contributed by atoms with E-state index in [1.165, 1.54) is 12.1 Å². The van der Waals surface area contributed by atoms with Crippen molar-refractivity contribution >= 4 is 16.0 Å². The van der Waals surface area contributed by atoms with Gasteiger partial charge < -0.3 is 5.11 Å². The number of hydrogen-bond acceptors (Lipinski definition) is 4. The first-order chi connectivity index (χ1) is 8.88. The number of carbonyl (C=O) groups is 1. The fraction of sp³-hybridized carbons (Fsp3) is 0.333. The van der Waals surface area contributed by atoms with Crippen LogP contribution in [0.2, 0.25) is 0 Å². The number of nitrogens with zero attached hydrogens (tertiary/aromatic N) is 1. The minimum atomic E-state index is -3.75. The second kappa shape index (κ2) is 6.31. The van der Waals surface area contributed by atoms with Gasteiger partial charge in [0.25, 0.3) is 0 Å². The summed E-state index contributed by atoms with van der Waals surface area (Å²) in [5.41, 5.74) is 0.390. The fourth-order valence-corrected chi connectivity index (χ4v) is 2.82. The van der Waals surface area contributed by atoms with Crippen LogP contribution in [0.15, 0.2) is 23.1 Å². The number of nitrogens with one attached hydrogen (secondary N) is 1. The van der Waals surface area contributed by atoms with Crippen molar-refractivity contribution in [3.8, 4) is 6.07 Å². The molecule has 0 fully saturated rings. The lowest BCUT2D eigenvalue weighted by molar-refractivity contribution is 0.0696. The highest BCUT2D eigenvalue weighted by Crippen LogP contribution is 2.17. The Labute approximate surface area is 111 Å². The van der Waals surface area contributed by atoms with Crippen molar-refractivity contribution in [3.05, 3.63) is 29.3 Å². The zero-order valence-corrected chi connectivity index (χ0v) is 11.2. The van der Waals surface area contributed by atoms with Gasteiger partial charge in [0.2, 0.25) is 10.0 Å². The molecular weight excluding hydrogens is 268 g/mol. The molecule has 1 rings (SSSR count). The molecule has 0 unspecified atom stereocenters. The van der Waals surface area contributed by atoms with Crippen LogP contribution in [0.3, 0.4) is 0 Å². The highest BCUT2D eigenvalue weighted by molar-refractivity contribution is 7.89. The largest absolute Gasteiger partial charge is 0.478 e. The van der Waals surface area contributed by atoms with E-state index in [-0.39, 0.29) is 23.4 Å². The molecule has 0 aliphatic heterocycles. The number of unbranched alkanes of at least 4 members (excludes halogenated alkanes) is 1. The Morgan fingerprint density at radius 3 is 2.74 bits per heavy atom. The quantitative estimate of drug-likeness (QED) is 0.764. The molecule has 0 aromatic heterocycles. The van der Waals surface area contributed by atoms with Crippen molar-refractivity contribution in [3.63, 3.8) is 0 Å². The van der Waals surface area contributed by atoms with E-state index in [9.17, 15) is 13.2 Å². The van der Waals surface area contributed by atoms with Crippen LogP contribution in [0.5, 0.6) is 0 Å². The number of hydrogen-bond donors (Lipinski definition) is 2. The van der Waals surface area contributed by atoms with Crippen LogP contribution in [0.1, 0.15) is 28.8 Å². The second-order valence-electron chi connectivity index (χ2n) is 3.94. The summed E-state index contributed by atoms with van der Waals surface area (Å²) >= 11 is 0. The van der Waals surface area contributed by atoms with Crippen LogP contribution in [-0.2, 0) is 10.0 Å². The van der Waals surface area contributed by atoms with Crippen molar-refractivity contribution in [1.29, 1.82) is 5.26 Å². The lowest BCUT2D eigenvalue weighted by Gasteiger charge is -2.09. The number of benzene rings is 1. The van der Waals surface area contributed by atoms with Crippen molar-refractivity contribution in [2.45, 2.75) is 24.7 Å². The van der Waals surface area contributed by atoms with E-state index in [4.69, 9.17) is 10.4 Å². The standard InChI is InChI=1S/C12H14N2O4S/c1-9-4-5-10(12(15)16)8-11(9)19(17,18)14-7-3-2-6-13/h4-5,8,14H,2-3,7H2,1H3,(H,15,16). The first-order valence-electron chi connectivity index (χ1n) is 5.59. The van der Waals surface area contributed by atoms with Gasteiger partial charge in [0.15, 0.2) is 0 Å². The number of carboxylic acid groups (broad SMARTS) is 1. The molecule has 0 saturated heterocycles. The normalized spacial score (nSPS) is 10.9. The molecule has 0 bridgehead atoms. The summed E-state index contributed by atoms with van der Waals surface area (Å²) in [6.07, 6.45) is 0.671. The third-order valence-corrected chi connectivity index (χ3v) is 4.09. The Balaban J connectivity index is 2.97. The third kappa shape index (κ3) is 4.05. The second-order valence-corrected chi connectivity index (χ2v) is 5.68. The van der Waals surface area contributed by atoms with Gasteiger partial charge in [-0.3, -0.25) is 0 Å². The van der Waals surface area contributed by atoms with E-state index in [0.717, 1.165) is 6.07 Å². The SMILES string of the molecule is Cc1ccc(C(=O)O)cc1S(=O)(=O)NCCCC#N. The van der Waals surface area contributed by atoms with Gasteiger partial charge >= 0.3 is 5.97 Å². The van der Waals surface area contributed by atoms with Crippen LogP contribution in [0, 0.1) is 18.3 Å². The van der Waals surface area contributed by atoms with E-state index in [2.05, 4.69) is 4.72 Å². The zero-order chi connectivity index (χ0) is 14.5. The Morgan fingerprint density at radius 1 is 1.47 bits per heavy atom. The molecule has 0 saturated carbocycles. The molecule has 1 aromatic rings. The maximum absolute atomic E-state index is 12.0. The average Bonchev–Trinajstić information content (AvgIpc) is 2.34. The summed E-state index contributed by atoms with van der Waals surface area (Å²) < 4.78 is 26.4. The predicted molar refractivity (Wildman–Crippen MR) is 68.2 cm³/mol. The zero-order valence-electron chi connectivity index (χ0n) is 10.4. The molecular formula is C12H14N2O4S. The Bertz CT molecular complexity index is 617. The topological polar surface area (TPSA) is 107 Å². The summed E-state index contributed by atoms with van der Waals surface area (Å²) in [6, 6.07) is 5.85. The summed E-state index contributed by atoms with van der Waals surface area (Å²) in [7, 11) is -3.75. The van der Waals surface area contributed by atoms with E-state index in [1.54, 1.807) is 6.92 Å². The summed E-state index contributed by atoms with van der Waals surface area (Å²) in [5.74, 6) is -1.18. The predicted octanol–water partition coefficient (Wildman–Crippen LogP) is 1.28. The smallest absolute Gasteiger partial charge is 0.335 e. The number of sulfonamides is 1. The van der Waals surface area contributed by atoms with E-state index >= 15 is 0 Å². The molecule has 0 atom stereocenters. The van der Waals surface area contributed by atoms with E-state index in [1.807, 2.05) is 6.07 Å². The van der Waals surface area contributed by atoms with Crippen molar-refractivity contribution < 1.29 is 18.3 Å². The van der Waals surface area contributed by atoms with E-state index < -0.39 is 16.0 Å². The Morgan fingerprint density at radius 2 is 2.16 bits per heavy atom. The molecule has 0 heterocycles. The number of carboxylic acids is 1. The Kier molecular flexibility index (Phi) is 5.03. The number of rotatable bonds is 6. The monoisotopic (exact) mass is 282 g/mol. The molecule has 0 aliphatic carbocycles. The summed E-state index contributed by atoms with van der Waals surface area (Å²) in [5, 5.41) is 17.2. The van der Waals surface area contributed by atoms with Crippen LogP contribution in [0.4, 0.5) is 0 Å². The molecule has 6 nitrogen and oxygen atoms in total. The van der Waals surface area contributed by atoms with Gasteiger partial charge in [-0.2, -0.15) is 5.26 Å². The molecule has 19 heavy (non-hydrogen) atoms. The van der Waals surface area contributed by atoms with Crippen molar-refractivity contribution in [2.24, 2.45) is 0 Å². The van der Waals surface area contributed by atoms with Gasteiger partial charge in [-0.15, -0.1) is 0 Å². The van der Waals surface area contributed by atoms with Gasteiger partial charge in [0.05, 0.1) is 16.5 Å². The van der Waals surface area contributed by atoms with Crippen LogP contribution in [0.25, 0.3) is 0 Å². The first kappa shape index (κ1) is 15.1. The maximum Gasteiger partial charge on any atom is 0.335 e.